The molecule has 0 spiro atoms. The van der Waals surface area contributed by atoms with Crippen molar-refractivity contribution in [2.75, 3.05) is 0 Å². The highest BCUT2D eigenvalue weighted by Gasteiger charge is 2.14. The summed E-state index contributed by atoms with van der Waals surface area (Å²) in [4.78, 5) is 2.49. The van der Waals surface area contributed by atoms with Crippen LogP contribution in [0.3, 0.4) is 0 Å². The van der Waals surface area contributed by atoms with Gasteiger partial charge in [0.15, 0.2) is 0 Å². The molecule has 0 radical (unpaired) electrons. The third kappa shape index (κ3) is 3.64. The minimum Gasteiger partial charge on any atom is -0.200 e. The Labute approximate surface area is 144 Å². The summed E-state index contributed by atoms with van der Waals surface area (Å²) in [6, 6.07) is 12.7. The minimum absolute atomic E-state index is 0.186. The summed E-state index contributed by atoms with van der Waals surface area (Å²) >= 11 is 3.29. The molecule has 1 aliphatic carbocycles. The molecule has 0 fully saturated rings. The average Bonchev–Trinajstić information content (AvgIpc) is 3.00. The Morgan fingerprint density at radius 2 is 1.78 bits per heavy atom. The van der Waals surface area contributed by atoms with Gasteiger partial charge in [0, 0.05) is 4.47 Å². The molecule has 0 aliphatic heterocycles. The maximum Gasteiger partial charge on any atom is 0.276 e. The quantitative estimate of drug-likeness (QED) is 0.637. The maximum absolute atomic E-state index is 12.2. The molecule has 0 heterocycles. The van der Waals surface area contributed by atoms with E-state index in [9.17, 15) is 8.42 Å². The molecule has 4 nitrogen and oxygen atoms in total. The number of halogens is 1. The summed E-state index contributed by atoms with van der Waals surface area (Å²) in [5.74, 6) is 0. The van der Waals surface area contributed by atoms with Crippen LogP contribution in [0.4, 0.5) is 0 Å². The summed E-state index contributed by atoms with van der Waals surface area (Å²) in [6.07, 6.45) is 3.40. The monoisotopic (exact) mass is 392 g/mol. The molecule has 0 unspecified atom stereocenters. The minimum atomic E-state index is -3.65. The Morgan fingerprint density at radius 1 is 1.09 bits per heavy atom. The highest BCUT2D eigenvalue weighted by molar-refractivity contribution is 9.10. The number of aryl methyl sites for hydroxylation is 2. The summed E-state index contributed by atoms with van der Waals surface area (Å²) < 4.78 is 25.3. The van der Waals surface area contributed by atoms with E-state index in [0.29, 0.717) is 5.71 Å². The summed E-state index contributed by atoms with van der Waals surface area (Å²) in [5, 5.41) is 4.06. The molecule has 0 bridgehead atoms. The Morgan fingerprint density at radius 3 is 2.52 bits per heavy atom. The van der Waals surface area contributed by atoms with E-state index in [1.807, 2.05) is 6.07 Å². The van der Waals surface area contributed by atoms with Crippen molar-refractivity contribution in [2.45, 2.75) is 31.1 Å². The van der Waals surface area contributed by atoms with E-state index in [4.69, 9.17) is 0 Å². The number of sulfonamides is 1. The molecule has 1 aliphatic rings. The van der Waals surface area contributed by atoms with Gasteiger partial charge in [-0.2, -0.15) is 18.4 Å². The molecule has 2 aromatic rings. The fourth-order valence-electron chi connectivity index (χ4n) is 2.66. The topological polar surface area (TPSA) is 58.5 Å². The zero-order chi connectivity index (χ0) is 16.4. The van der Waals surface area contributed by atoms with Crippen molar-refractivity contribution in [1.82, 2.24) is 4.83 Å². The lowest BCUT2D eigenvalue weighted by Crippen LogP contribution is -2.20. The van der Waals surface area contributed by atoms with E-state index < -0.39 is 10.0 Å². The number of benzene rings is 2. The van der Waals surface area contributed by atoms with Gasteiger partial charge in [0.2, 0.25) is 0 Å². The third-order valence-corrected chi connectivity index (χ3v) is 5.73. The lowest BCUT2D eigenvalue weighted by molar-refractivity contribution is 0.584. The fraction of sp³-hybridized carbons (Fsp3) is 0.235. The molecule has 1 N–H and O–H groups in total. The molecular formula is C17H17BrN2O2S. The van der Waals surface area contributed by atoms with Crippen LogP contribution < -0.4 is 4.83 Å². The van der Waals surface area contributed by atoms with Gasteiger partial charge < -0.3 is 0 Å². The highest BCUT2D eigenvalue weighted by atomic mass is 79.9. The second-order valence-corrected chi connectivity index (χ2v) is 8.16. The van der Waals surface area contributed by atoms with Gasteiger partial charge >= 0.3 is 0 Å². The predicted octanol–water partition coefficient (Wildman–Crippen LogP) is 3.64. The second-order valence-electron chi connectivity index (χ2n) is 5.58. The number of nitrogens with zero attached hydrogens (tertiary/aromatic N) is 1. The van der Waals surface area contributed by atoms with E-state index in [1.165, 1.54) is 29.7 Å². The van der Waals surface area contributed by atoms with Crippen LogP contribution >= 0.6 is 15.9 Å². The Balaban J connectivity index is 1.80. The van der Waals surface area contributed by atoms with E-state index >= 15 is 0 Å². The summed E-state index contributed by atoms with van der Waals surface area (Å²) in [5.41, 5.74) is 4.33. The lowest BCUT2D eigenvalue weighted by atomic mass is 10.0. The first-order chi connectivity index (χ1) is 11.0. The van der Waals surface area contributed by atoms with Crippen molar-refractivity contribution < 1.29 is 8.42 Å². The average molecular weight is 393 g/mol. The van der Waals surface area contributed by atoms with Gasteiger partial charge in [0.25, 0.3) is 10.0 Å². The van der Waals surface area contributed by atoms with E-state index in [1.54, 1.807) is 19.1 Å². The van der Waals surface area contributed by atoms with Crippen LogP contribution in [0.25, 0.3) is 0 Å². The summed E-state index contributed by atoms with van der Waals surface area (Å²) in [7, 11) is -3.65. The van der Waals surface area contributed by atoms with Gasteiger partial charge in [-0.05, 0) is 73.2 Å². The Hall–Kier alpha value is -1.66. The van der Waals surface area contributed by atoms with Crippen LogP contribution in [-0.2, 0) is 22.9 Å². The lowest BCUT2D eigenvalue weighted by Gasteiger charge is -2.07. The van der Waals surface area contributed by atoms with Crippen LogP contribution in [0.1, 0.15) is 30.0 Å². The van der Waals surface area contributed by atoms with Crippen LogP contribution in [0, 0.1) is 0 Å². The molecule has 0 saturated carbocycles. The first kappa shape index (κ1) is 16.2. The normalized spacial score (nSPS) is 14.6. The van der Waals surface area contributed by atoms with Gasteiger partial charge in [0.05, 0.1) is 10.6 Å². The van der Waals surface area contributed by atoms with E-state index in [0.717, 1.165) is 22.9 Å². The van der Waals surface area contributed by atoms with Crippen LogP contribution in [0.15, 0.2) is 56.9 Å². The van der Waals surface area contributed by atoms with Crippen LogP contribution in [0.2, 0.25) is 0 Å². The van der Waals surface area contributed by atoms with Gasteiger partial charge in [-0.15, -0.1) is 0 Å². The number of hydrazone groups is 1. The van der Waals surface area contributed by atoms with Gasteiger partial charge in [-0.3, -0.25) is 0 Å². The number of hydrogen-bond acceptors (Lipinski definition) is 3. The van der Waals surface area contributed by atoms with Gasteiger partial charge in [-0.1, -0.05) is 28.1 Å². The van der Waals surface area contributed by atoms with Gasteiger partial charge in [0.1, 0.15) is 0 Å². The summed E-state index contributed by atoms with van der Waals surface area (Å²) in [6.45, 7) is 1.81. The zero-order valence-corrected chi connectivity index (χ0v) is 15.1. The number of nitrogens with one attached hydrogen (secondary N) is 1. The molecule has 3 rings (SSSR count). The highest BCUT2D eigenvalue weighted by Crippen LogP contribution is 2.23. The zero-order valence-electron chi connectivity index (χ0n) is 12.7. The van der Waals surface area contributed by atoms with Crippen molar-refractivity contribution in [3.05, 3.63) is 63.6 Å². The SMILES string of the molecule is C/C(=N/NS(=O)(=O)c1ccc(Br)cc1)c1ccc2c(c1)CCC2. The molecule has 0 saturated heterocycles. The Kier molecular flexibility index (Phi) is 4.55. The largest absolute Gasteiger partial charge is 0.276 e. The van der Waals surface area contributed by atoms with Gasteiger partial charge in [-0.25, -0.2) is 0 Å². The third-order valence-electron chi connectivity index (χ3n) is 3.97. The standard InChI is InChI=1S/C17H17BrN2O2S/c1-12(14-6-5-13-3-2-4-15(13)11-14)19-20-23(21,22)17-9-7-16(18)8-10-17/h5-11,20H,2-4H2,1H3/b19-12-. The molecular weight excluding hydrogens is 376 g/mol. The van der Waals surface area contributed by atoms with Crippen molar-refractivity contribution in [1.29, 1.82) is 0 Å². The fourth-order valence-corrected chi connectivity index (χ4v) is 3.78. The molecule has 0 aromatic heterocycles. The molecule has 2 aromatic carbocycles. The molecule has 6 heteroatoms. The maximum atomic E-state index is 12.2. The number of rotatable bonds is 4. The van der Waals surface area contributed by atoms with E-state index in [2.05, 4.69) is 38.0 Å². The van der Waals surface area contributed by atoms with Crippen molar-refractivity contribution in [2.24, 2.45) is 5.10 Å². The molecule has 23 heavy (non-hydrogen) atoms. The first-order valence-electron chi connectivity index (χ1n) is 7.39. The van der Waals surface area contributed by atoms with Crippen LogP contribution in [0.5, 0.6) is 0 Å². The predicted molar refractivity (Wildman–Crippen MR) is 95.1 cm³/mol. The molecule has 0 atom stereocenters. The second kappa shape index (κ2) is 6.45. The van der Waals surface area contributed by atoms with Crippen LogP contribution in [-0.4, -0.2) is 14.1 Å². The molecule has 0 amide bonds. The first-order valence-corrected chi connectivity index (χ1v) is 9.67. The Bertz CT molecular complexity index is 859. The van der Waals surface area contributed by atoms with Crippen molar-refractivity contribution >= 4 is 31.7 Å². The molecule has 120 valence electrons. The van der Waals surface area contributed by atoms with E-state index in [-0.39, 0.29) is 4.90 Å². The van der Waals surface area contributed by atoms with Crippen molar-refractivity contribution in [3.8, 4) is 0 Å². The number of fused-ring (bicyclic) bond motifs is 1. The number of hydrogen-bond donors (Lipinski definition) is 1. The van der Waals surface area contributed by atoms with Crippen molar-refractivity contribution in [3.63, 3.8) is 0 Å². The smallest absolute Gasteiger partial charge is 0.200 e.